The number of hydrogen-bond acceptors (Lipinski definition) is 5. The van der Waals surface area contributed by atoms with Gasteiger partial charge in [-0.2, -0.15) is 0 Å². The van der Waals surface area contributed by atoms with E-state index in [9.17, 15) is 9.59 Å². The van der Waals surface area contributed by atoms with Crippen molar-refractivity contribution in [2.75, 3.05) is 18.4 Å². The van der Waals surface area contributed by atoms with Gasteiger partial charge in [0.05, 0.1) is 0 Å². The number of benzene rings is 1. The minimum absolute atomic E-state index is 0.0441. The highest BCUT2D eigenvalue weighted by Crippen LogP contribution is 2.24. The lowest BCUT2D eigenvalue weighted by Crippen LogP contribution is -2.30. The maximum absolute atomic E-state index is 12.7. The van der Waals surface area contributed by atoms with Crippen LogP contribution in [0.5, 0.6) is 0 Å². The largest absolute Gasteiger partial charge is 0.427 e. The van der Waals surface area contributed by atoms with Crippen LogP contribution < -0.4 is 16.3 Å². The lowest BCUT2D eigenvalue weighted by atomic mass is 9.95. The minimum Gasteiger partial charge on any atom is -0.427 e. The number of aromatic amines is 1. The highest BCUT2D eigenvalue weighted by molar-refractivity contribution is 6.05. The van der Waals surface area contributed by atoms with Crippen LogP contribution >= 0.6 is 0 Å². The van der Waals surface area contributed by atoms with Crippen LogP contribution in [0.1, 0.15) is 40.4 Å². The summed E-state index contributed by atoms with van der Waals surface area (Å²) in [4.78, 5) is 32.4. The van der Waals surface area contributed by atoms with E-state index >= 15 is 0 Å². The number of H-pyrrole nitrogens is 1. The zero-order chi connectivity index (χ0) is 19.5. The van der Waals surface area contributed by atoms with Gasteiger partial charge in [-0.05, 0) is 62.2 Å². The van der Waals surface area contributed by atoms with Crippen molar-refractivity contribution in [3.05, 3.63) is 70.0 Å². The number of carbonyl (C=O) groups excluding carboxylic acids is 1. The number of aromatic nitrogens is 2. The average molecular weight is 378 g/mol. The summed E-state index contributed by atoms with van der Waals surface area (Å²) in [7, 11) is 0. The number of aryl methyl sites for hydroxylation is 1. The molecule has 0 bridgehead atoms. The molecule has 2 aromatic heterocycles. The number of carbonyl (C=O) groups is 1. The van der Waals surface area contributed by atoms with Crippen LogP contribution in [-0.2, 0) is 0 Å². The van der Waals surface area contributed by atoms with Crippen LogP contribution in [-0.4, -0.2) is 29.0 Å². The molecule has 1 aromatic carbocycles. The van der Waals surface area contributed by atoms with Crippen molar-refractivity contribution < 1.29 is 9.21 Å². The van der Waals surface area contributed by atoms with Crippen LogP contribution in [0.2, 0.25) is 0 Å². The molecule has 0 saturated carbocycles. The molecule has 1 amide bonds. The quantitative estimate of drug-likeness (QED) is 0.648. The summed E-state index contributed by atoms with van der Waals surface area (Å²) < 4.78 is 5.49. The molecule has 7 nitrogen and oxygen atoms in total. The van der Waals surface area contributed by atoms with Crippen LogP contribution in [0.15, 0.2) is 51.9 Å². The van der Waals surface area contributed by atoms with Gasteiger partial charge in [-0.1, -0.05) is 0 Å². The predicted octanol–water partition coefficient (Wildman–Crippen LogP) is 3.06. The van der Waals surface area contributed by atoms with E-state index in [1.165, 1.54) is 0 Å². The number of piperidine rings is 1. The van der Waals surface area contributed by atoms with Crippen molar-refractivity contribution in [3.63, 3.8) is 0 Å². The summed E-state index contributed by atoms with van der Waals surface area (Å²) in [6.07, 6.45) is 5.45. The summed E-state index contributed by atoms with van der Waals surface area (Å²) in [6.45, 7) is 3.54. The molecule has 0 spiro atoms. The first-order chi connectivity index (χ1) is 13.6. The molecule has 4 rings (SSSR count). The molecule has 144 valence electrons. The Labute approximate surface area is 162 Å². The van der Waals surface area contributed by atoms with E-state index in [2.05, 4.69) is 20.6 Å². The normalized spacial score (nSPS) is 16.7. The van der Waals surface area contributed by atoms with Crippen LogP contribution in [0.4, 0.5) is 5.69 Å². The summed E-state index contributed by atoms with van der Waals surface area (Å²) in [5.41, 5.74) is 1.58. The van der Waals surface area contributed by atoms with Crippen molar-refractivity contribution >= 4 is 11.6 Å². The molecule has 3 aromatic rings. The first-order valence-electron chi connectivity index (χ1n) is 9.38. The van der Waals surface area contributed by atoms with Crippen molar-refractivity contribution in [2.24, 2.45) is 0 Å². The van der Waals surface area contributed by atoms with E-state index in [4.69, 9.17) is 4.42 Å². The molecule has 7 heteroatoms. The number of nitrogens with zero attached hydrogens (tertiary/aromatic N) is 1. The topological polar surface area (TPSA) is 100 Å². The zero-order valence-corrected chi connectivity index (χ0v) is 15.6. The van der Waals surface area contributed by atoms with Crippen molar-refractivity contribution in [1.29, 1.82) is 0 Å². The number of nitrogens with one attached hydrogen (secondary N) is 3. The molecule has 1 aliphatic heterocycles. The molecule has 0 radical (unpaired) electrons. The second-order valence-electron chi connectivity index (χ2n) is 7.01. The predicted molar refractivity (Wildman–Crippen MR) is 107 cm³/mol. The van der Waals surface area contributed by atoms with E-state index in [1.54, 1.807) is 31.5 Å². The van der Waals surface area contributed by atoms with Gasteiger partial charge in [0.15, 0.2) is 0 Å². The summed E-state index contributed by atoms with van der Waals surface area (Å²) in [5.74, 6) is 1.10. The Morgan fingerprint density at radius 2 is 2.11 bits per heavy atom. The van der Waals surface area contributed by atoms with Gasteiger partial charge >= 0.3 is 5.63 Å². The van der Waals surface area contributed by atoms with E-state index in [0.29, 0.717) is 17.0 Å². The van der Waals surface area contributed by atoms with Gasteiger partial charge in [-0.15, -0.1) is 0 Å². The summed E-state index contributed by atoms with van der Waals surface area (Å²) in [6, 6.07) is 9.06. The van der Waals surface area contributed by atoms with Gasteiger partial charge < -0.3 is 20.0 Å². The van der Waals surface area contributed by atoms with E-state index < -0.39 is 11.5 Å². The first-order valence-corrected chi connectivity index (χ1v) is 9.38. The number of amides is 1. The number of imidazole rings is 1. The van der Waals surface area contributed by atoms with Gasteiger partial charge in [-0.25, -0.2) is 9.78 Å². The number of hydrogen-bond donors (Lipinski definition) is 3. The van der Waals surface area contributed by atoms with Crippen molar-refractivity contribution in [3.8, 4) is 11.4 Å². The van der Waals surface area contributed by atoms with E-state index in [1.807, 2.05) is 18.2 Å². The Hall–Kier alpha value is -3.19. The fourth-order valence-electron chi connectivity index (χ4n) is 3.53. The smallest absolute Gasteiger partial charge is 0.349 e. The standard InChI is InChI=1S/C21H22N4O3/c1-13-11-17(15-3-2-8-22-12-15)28-21(27)18(13)20(26)25-16-6-4-14(5-7-16)19-23-9-10-24-19/h4-7,9-11,15,22H,2-3,8,12H2,1H3,(H,23,24)(H,25,26). The number of rotatable bonds is 4. The molecule has 1 fully saturated rings. The zero-order valence-electron chi connectivity index (χ0n) is 15.6. The van der Waals surface area contributed by atoms with Gasteiger partial charge in [0.2, 0.25) is 0 Å². The Morgan fingerprint density at radius 1 is 1.29 bits per heavy atom. The lowest BCUT2D eigenvalue weighted by molar-refractivity contribution is 0.102. The molecule has 1 saturated heterocycles. The molecule has 3 heterocycles. The Kier molecular flexibility index (Phi) is 5.08. The van der Waals surface area contributed by atoms with Crippen LogP contribution in [0.25, 0.3) is 11.4 Å². The molecule has 1 atom stereocenters. The second kappa shape index (κ2) is 7.82. The third-order valence-corrected chi connectivity index (χ3v) is 5.01. The Bertz CT molecular complexity index is 1020. The molecule has 3 N–H and O–H groups in total. The maximum Gasteiger partial charge on any atom is 0.349 e. The van der Waals surface area contributed by atoms with Crippen LogP contribution in [0, 0.1) is 6.92 Å². The highest BCUT2D eigenvalue weighted by Gasteiger charge is 2.22. The van der Waals surface area contributed by atoms with E-state index in [-0.39, 0.29) is 11.5 Å². The molecular formula is C21H22N4O3. The fourth-order valence-corrected chi connectivity index (χ4v) is 3.53. The lowest BCUT2D eigenvalue weighted by Gasteiger charge is -2.22. The second-order valence-corrected chi connectivity index (χ2v) is 7.01. The monoisotopic (exact) mass is 378 g/mol. The summed E-state index contributed by atoms with van der Waals surface area (Å²) >= 11 is 0. The third-order valence-electron chi connectivity index (χ3n) is 5.01. The Morgan fingerprint density at radius 3 is 2.75 bits per heavy atom. The molecule has 0 aliphatic carbocycles. The van der Waals surface area contributed by atoms with Gasteiger partial charge in [0.25, 0.3) is 5.91 Å². The summed E-state index contributed by atoms with van der Waals surface area (Å²) in [5, 5.41) is 6.08. The molecule has 28 heavy (non-hydrogen) atoms. The van der Waals surface area contributed by atoms with Crippen molar-refractivity contribution in [1.82, 2.24) is 15.3 Å². The Balaban J connectivity index is 1.52. The average Bonchev–Trinajstić information content (AvgIpc) is 3.23. The van der Waals surface area contributed by atoms with Gasteiger partial charge in [0.1, 0.15) is 17.1 Å². The third kappa shape index (κ3) is 3.75. The molecular weight excluding hydrogens is 356 g/mol. The number of anilines is 1. The molecule has 1 unspecified atom stereocenters. The van der Waals surface area contributed by atoms with Gasteiger partial charge in [-0.3, -0.25) is 4.79 Å². The SMILES string of the molecule is Cc1cc(C2CCCNC2)oc(=O)c1C(=O)Nc1ccc(-c2ncc[nH]2)cc1. The maximum atomic E-state index is 12.7. The van der Waals surface area contributed by atoms with Crippen LogP contribution in [0.3, 0.4) is 0 Å². The van der Waals surface area contributed by atoms with Crippen molar-refractivity contribution in [2.45, 2.75) is 25.7 Å². The fraction of sp³-hybridized carbons (Fsp3) is 0.286. The minimum atomic E-state index is -0.592. The highest BCUT2D eigenvalue weighted by atomic mass is 16.4. The van der Waals surface area contributed by atoms with E-state index in [0.717, 1.165) is 37.3 Å². The molecule has 1 aliphatic rings. The van der Waals surface area contributed by atoms with Gasteiger partial charge in [0, 0.05) is 36.1 Å². The first kappa shape index (κ1) is 18.2.